The number of benzene rings is 1. The van der Waals surface area contributed by atoms with Crippen LogP contribution >= 0.6 is 0 Å². The molecule has 0 saturated heterocycles. The third-order valence-corrected chi connectivity index (χ3v) is 2.36. The van der Waals surface area contributed by atoms with Gasteiger partial charge in [-0.15, -0.1) is 0 Å². The van der Waals surface area contributed by atoms with Crippen LogP contribution < -0.4 is 5.43 Å². The number of carbonyl (C=O) groups is 2. The molecule has 0 spiro atoms. The molecule has 1 aromatic heterocycles. The zero-order valence-electron chi connectivity index (χ0n) is 10.2. The van der Waals surface area contributed by atoms with E-state index in [2.05, 4.69) is 20.5 Å². The van der Waals surface area contributed by atoms with Crippen molar-refractivity contribution in [2.24, 2.45) is 5.10 Å². The van der Waals surface area contributed by atoms with E-state index in [1.54, 1.807) is 18.2 Å². The average molecular weight is 270 g/mol. The van der Waals surface area contributed by atoms with Crippen molar-refractivity contribution in [2.75, 3.05) is 0 Å². The van der Waals surface area contributed by atoms with E-state index >= 15 is 0 Å². The number of nitrogens with zero attached hydrogens (tertiary/aromatic N) is 3. The van der Waals surface area contributed by atoms with E-state index in [9.17, 15) is 9.59 Å². The number of nitrogens with one attached hydrogen (secondary N) is 1. The number of hydrogen-bond donors (Lipinski definition) is 2. The van der Waals surface area contributed by atoms with Crippen molar-refractivity contribution < 1.29 is 14.7 Å². The van der Waals surface area contributed by atoms with Crippen LogP contribution in [0.2, 0.25) is 0 Å². The van der Waals surface area contributed by atoms with E-state index < -0.39 is 11.9 Å². The Kier molecular flexibility index (Phi) is 4.13. The molecule has 2 rings (SSSR count). The fourth-order valence-electron chi connectivity index (χ4n) is 1.44. The van der Waals surface area contributed by atoms with Crippen LogP contribution in [0.4, 0.5) is 0 Å². The topological polar surface area (TPSA) is 105 Å². The lowest BCUT2D eigenvalue weighted by Gasteiger charge is -2.00. The Balaban J connectivity index is 2.08. The van der Waals surface area contributed by atoms with Gasteiger partial charge in [0, 0.05) is 18.0 Å². The molecular weight excluding hydrogens is 260 g/mol. The molecule has 0 fully saturated rings. The fraction of sp³-hybridized carbons (Fsp3) is 0. The van der Waals surface area contributed by atoms with Crippen molar-refractivity contribution in [1.82, 2.24) is 15.4 Å². The maximum absolute atomic E-state index is 11.6. The number of carboxylic acid groups (broad SMARTS) is 1. The highest BCUT2D eigenvalue weighted by molar-refractivity contribution is 5.99. The maximum atomic E-state index is 11.6. The van der Waals surface area contributed by atoms with E-state index in [1.807, 2.05) is 0 Å². The van der Waals surface area contributed by atoms with Gasteiger partial charge in [0.15, 0.2) is 0 Å². The first-order chi connectivity index (χ1) is 9.68. The van der Waals surface area contributed by atoms with Crippen molar-refractivity contribution in [2.45, 2.75) is 0 Å². The summed E-state index contributed by atoms with van der Waals surface area (Å²) in [6.45, 7) is 0. The first kappa shape index (κ1) is 13.3. The Morgan fingerprint density at radius 2 is 2.05 bits per heavy atom. The van der Waals surface area contributed by atoms with E-state index in [1.165, 1.54) is 30.9 Å². The second-order valence-corrected chi connectivity index (χ2v) is 3.68. The zero-order chi connectivity index (χ0) is 14.4. The van der Waals surface area contributed by atoms with E-state index in [0.717, 1.165) is 0 Å². The summed E-state index contributed by atoms with van der Waals surface area (Å²) in [7, 11) is 0. The summed E-state index contributed by atoms with van der Waals surface area (Å²) in [5, 5.41) is 12.7. The molecule has 0 atom stereocenters. The summed E-state index contributed by atoms with van der Waals surface area (Å²) in [5.74, 6) is -1.59. The lowest BCUT2D eigenvalue weighted by Crippen LogP contribution is -2.19. The number of amides is 1. The van der Waals surface area contributed by atoms with Gasteiger partial charge < -0.3 is 5.11 Å². The molecule has 0 unspecified atom stereocenters. The van der Waals surface area contributed by atoms with Crippen LogP contribution in [0.15, 0.2) is 48.0 Å². The lowest BCUT2D eigenvalue weighted by molar-refractivity contribution is 0.0696. The molecule has 100 valence electrons. The monoisotopic (exact) mass is 270 g/mol. The molecule has 0 aliphatic rings. The van der Waals surface area contributed by atoms with Crippen LogP contribution in [-0.2, 0) is 0 Å². The van der Waals surface area contributed by atoms with Crippen LogP contribution in [0.1, 0.15) is 26.4 Å². The predicted molar refractivity (Wildman–Crippen MR) is 70.5 cm³/mol. The van der Waals surface area contributed by atoms with Crippen LogP contribution in [0.3, 0.4) is 0 Å². The summed E-state index contributed by atoms with van der Waals surface area (Å²) < 4.78 is 0. The van der Waals surface area contributed by atoms with Crippen LogP contribution in [0, 0.1) is 0 Å². The highest BCUT2D eigenvalue weighted by Gasteiger charge is 2.07. The highest BCUT2D eigenvalue weighted by Crippen LogP contribution is 2.05. The summed E-state index contributed by atoms with van der Waals surface area (Å²) in [6, 6.07) is 6.33. The Hall–Kier alpha value is -3.09. The molecule has 0 aliphatic heterocycles. The first-order valence-corrected chi connectivity index (χ1v) is 5.60. The smallest absolute Gasteiger partial charge is 0.336 e. The summed E-state index contributed by atoms with van der Waals surface area (Å²) in [4.78, 5) is 30.1. The lowest BCUT2D eigenvalue weighted by atomic mass is 10.1. The summed E-state index contributed by atoms with van der Waals surface area (Å²) >= 11 is 0. The number of hydrazone groups is 1. The fourth-order valence-corrected chi connectivity index (χ4v) is 1.44. The Morgan fingerprint density at radius 1 is 1.25 bits per heavy atom. The van der Waals surface area contributed by atoms with Crippen LogP contribution in [0.5, 0.6) is 0 Å². The van der Waals surface area contributed by atoms with E-state index in [4.69, 9.17) is 5.11 Å². The third kappa shape index (κ3) is 3.22. The predicted octanol–water partition coefficient (Wildman–Crippen LogP) is 0.939. The van der Waals surface area contributed by atoms with Crippen LogP contribution in [0.25, 0.3) is 0 Å². The number of carboxylic acids is 1. The normalized spacial score (nSPS) is 10.4. The van der Waals surface area contributed by atoms with E-state index in [0.29, 0.717) is 5.56 Å². The molecule has 0 saturated carbocycles. The number of aromatic carboxylic acids is 1. The van der Waals surface area contributed by atoms with Gasteiger partial charge in [0.25, 0.3) is 5.91 Å². The Bertz CT molecular complexity index is 656. The van der Waals surface area contributed by atoms with Gasteiger partial charge in [-0.1, -0.05) is 18.2 Å². The molecule has 2 aromatic rings. The van der Waals surface area contributed by atoms with Gasteiger partial charge in [0.05, 0.1) is 18.0 Å². The van der Waals surface area contributed by atoms with Gasteiger partial charge in [0.1, 0.15) is 5.69 Å². The summed E-state index contributed by atoms with van der Waals surface area (Å²) in [5.41, 5.74) is 2.86. The van der Waals surface area contributed by atoms with Gasteiger partial charge >= 0.3 is 5.97 Å². The standard InChI is InChI=1S/C13H10N4O3/c18-12(11-8-14-5-6-15-11)17-16-7-9-3-1-2-4-10(9)13(19)20/h1-8H,(H,17,18)(H,19,20)/b16-7-. The van der Waals surface area contributed by atoms with Crippen molar-refractivity contribution in [1.29, 1.82) is 0 Å². The quantitative estimate of drug-likeness (QED) is 0.635. The number of rotatable bonds is 4. The SMILES string of the molecule is O=C(N/N=C\c1ccccc1C(=O)O)c1cnccn1. The Labute approximate surface area is 114 Å². The molecule has 0 bridgehead atoms. The van der Waals surface area contributed by atoms with Crippen LogP contribution in [-0.4, -0.2) is 33.2 Å². The molecule has 1 heterocycles. The molecule has 7 heteroatoms. The maximum Gasteiger partial charge on any atom is 0.336 e. The molecule has 2 N–H and O–H groups in total. The Morgan fingerprint density at radius 3 is 2.75 bits per heavy atom. The molecular formula is C13H10N4O3. The number of aromatic nitrogens is 2. The second-order valence-electron chi connectivity index (χ2n) is 3.68. The van der Waals surface area contributed by atoms with Gasteiger partial charge in [-0.3, -0.25) is 9.78 Å². The minimum absolute atomic E-state index is 0.102. The van der Waals surface area contributed by atoms with Crippen molar-refractivity contribution in [3.63, 3.8) is 0 Å². The van der Waals surface area contributed by atoms with Crippen molar-refractivity contribution >= 4 is 18.1 Å². The molecule has 7 nitrogen and oxygen atoms in total. The second kappa shape index (κ2) is 6.19. The van der Waals surface area contributed by atoms with Gasteiger partial charge in [-0.05, 0) is 6.07 Å². The molecule has 0 aliphatic carbocycles. The highest BCUT2D eigenvalue weighted by atomic mass is 16.4. The third-order valence-electron chi connectivity index (χ3n) is 2.36. The van der Waals surface area contributed by atoms with Gasteiger partial charge in [0.2, 0.25) is 0 Å². The van der Waals surface area contributed by atoms with Gasteiger partial charge in [-0.25, -0.2) is 15.2 Å². The first-order valence-electron chi connectivity index (χ1n) is 5.60. The number of hydrogen-bond acceptors (Lipinski definition) is 5. The van der Waals surface area contributed by atoms with Gasteiger partial charge in [-0.2, -0.15) is 5.10 Å². The van der Waals surface area contributed by atoms with Crippen molar-refractivity contribution in [3.05, 3.63) is 59.7 Å². The molecule has 0 radical (unpaired) electrons. The average Bonchev–Trinajstić information content (AvgIpc) is 2.48. The minimum atomic E-state index is -1.06. The van der Waals surface area contributed by atoms with Crippen molar-refractivity contribution in [3.8, 4) is 0 Å². The van der Waals surface area contributed by atoms with E-state index in [-0.39, 0.29) is 11.3 Å². The molecule has 1 amide bonds. The molecule has 1 aromatic carbocycles. The zero-order valence-corrected chi connectivity index (χ0v) is 10.2. The summed E-state index contributed by atoms with van der Waals surface area (Å²) in [6.07, 6.45) is 5.40. The molecule has 20 heavy (non-hydrogen) atoms. The largest absolute Gasteiger partial charge is 0.478 e. The number of carbonyl (C=O) groups excluding carboxylic acids is 1. The minimum Gasteiger partial charge on any atom is -0.478 e.